The molecule has 3 nitrogen and oxygen atoms in total. The maximum absolute atomic E-state index is 11.7. The lowest BCUT2D eigenvalue weighted by molar-refractivity contribution is -0.155. The van der Waals surface area contributed by atoms with Crippen molar-refractivity contribution < 1.29 is 9.90 Å². The Labute approximate surface area is 117 Å². The number of hydrogen-bond donors (Lipinski definition) is 1. The van der Waals surface area contributed by atoms with Crippen LogP contribution in [0.5, 0.6) is 0 Å². The topological polar surface area (TPSA) is 40.5 Å². The third-order valence-corrected chi connectivity index (χ3v) is 3.69. The van der Waals surface area contributed by atoms with Gasteiger partial charge < -0.3 is 5.11 Å². The highest BCUT2D eigenvalue weighted by Crippen LogP contribution is 2.43. The van der Waals surface area contributed by atoms with E-state index in [-0.39, 0.29) is 5.78 Å². The Balaban J connectivity index is 3.13. The van der Waals surface area contributed by atoms with Crippen LogP contribution in [0.15, 0.2) is 0 Å². The van der Waals surface area contributed by atoms with Crippen LogP contribution in [-0.4, -0.2) is 36.9 Å². The van der Waals surface area contributed by atoms with Gasteiger partial charge in [0.25, 0.3) is 0 Å². The average Bonchev–Trinajstić information content (AvgIpc) is 1.94. The molecule has 17 heavy (non-hydrogen) atoms. The van der Waals surface area contributed by atoms with E-state index in [0.717, 1.165) is 0 Å². The highest BCUT2D eigenvalue weighted by molar-refractivity contribution is 6.68. The summed E-state index contributed by atoms with van der Waals surface area (Å²) in [5.74, 6) is 0.160. The molecule has 0 radical (unpaired) electrons. The summed E-state index contributed by atoms with van der Waals surface area (Å²) >= 11 is 17.3. The molecule has 6 heteroatoms. The summed E-state index contributed by atoms with van der Waals surface area (Å²) in [7, 11) is 0. The molecule has 0 spiro atoms. The fourth-order valence-electron chi connectivity index (χ4n) is 2.83. The van der Waals surface area contributed by atoms with Gasteiger partial charge in [0.2, 0.25) is 3.79 Å². The second-order valence-electron chi connectivity index (χ2n) is 5.80. The first kappa shape index (κ1) is 15.5. The number of carbonyl (C=O) groups is 1. The van der Waals surface area contributed by atoms with E-state index in [1.54, 1.807) is 4.90 Å². The first-order chi connectivity index (χ1) is 7.38. The van der Waals surface area contributed by atoms with Gasteiger partial charge in [-0.05, 0) is 27.7 Å². The fraction of sp³-hybridized carbons (Fsp3) is 0.909. The number of carbonyl (C=O) groups excluding carboxylic acids is 1. The molecule has 1 fully saturated rings. The number of ketones is 1. The summed E-state index contributed by atoms with van der Waals surface area (Å²) in [5, 5.41) is 10.2. The zero-order valence-corrected chi connectivity index (χ0v) is 12.7. The average molecular weight is 303 g/mol. The highest BCUT2D eigenvalue weighted by atomic mass is 35.6. The number of hydrogen-bond acceptors (Lipinski definition) is 3. The molecule has 100 valence electrons. The van der Waals surface area contributed by atoms with E-state index in [1.807, 2.05) is 27.7 Å². The van der Waals surface area contributed by atoms with Crippen LogP contribution in [0.4, 0.5) is 0 Å². The van der Waals surface area contributed by atoms with Crippen LogP contribution >= 0.6 is 34.8 Å². The van der Waals surface area contributed by atoms with Crippen molar-refractivity contribution in [1.29, 1.82) is 0 Å². The maximum atomic E-state index is 11.7. The molecule has 0 aliphatic carbocycles. The Kier molecular flexibility index (Phi) is 4.14. The van der Waals surface area contributed by atoms with Crippen molar-refractivity contribution in [2.24, 2.45) is 0 Å². The molecule has 1 N–H and O–H groups in total. The third kappa shape index (κ3) is 3.27. The van der Waals surface area contributed by atoms with Crippen LogP contribution in [0.25, 0.3) is 0 Å². The molecule has 0 aromatic rings. The van der Waals surface area contributed by atoms with Gasteiger partial charge in [0.15, 0.2) is 6.23 Å². The van der Waals surface area contributed by atoms with Crippen LogP contribution in [-0.2, 0) is 4.79 Å². The minimum Gasteiger partial charge on any atom is -0.374 e. The van der Waals surface area contributed by atoms with Gasteiger partial charge in [-0.1, -0.05) is 34.8 Å². The summed E-state index contributed by atoms with van der Waals surface area (Å²) in [6.45, 7) is 7.47. The first-order valence-electron chi connectivity index (χ1n) is 5.44. The highest BCUT2D eigenvalue weighted by Gasteiger charge is 2.52. The van der Waals surface area contributed by atoms with Gasteiger partial charge in [-0.25, -0.2) is 0 Å². The number of piperidine rings is 1. The van der Waals surface area contributed by atoms with Crippen molar-refractivity contribution in [3.05, 3.63) is 0 Å². The summed E-state index contributed by atoms with van der Waals surface area (Å²) < 4.78 is -1.80. The fourth-order valence-corrected chi connectivity index (χ4v) is 3.12. The van der Waals surface area contributed by atoms with Crippen molar-refractivity contribution in [2.75, 3.05) is 0 Å². The standard InChI is InChI=1S/C11H18Cl3NO2/c1-9(2)5-7(16)6-10(3,4)15(9)8(17)11(12,13)14/h8,17H,5-6H2,1-4H3/t8-/m1/s1. The second-order valence-corrected chi connectivity index (χ2v) is 8.17. The molecule has 1 saturated heterocycles. The Morgan fingerprint density at radius 2 is 1.53 bits per heavy atom. The maximum Gasteiger partial charge on any atom is 0.229 e. The molecule has 0 amide bonds. The molecule has 1 atom stereocenters. The van der Waals surface area contributed by atoms with Crippen LogP contribution in [0.2, 0.25) is 0 Å². The van der Waals surface area contributed by atoms with Crippen LogP contribution in [0.3, 0.4) is 0 Å². The lowest BCUT2D eigenvalue weighted by Gasteiger charge is -2.55. The van der Waals surface area contributed by atoms with Crippen LogP contribution in [0, 0.1) is 0 Å². The van der Waals surface area contributed by atoms with Gasteiger partial charge >= 0.3 is 0 Å². The zero-order chi connectivity index (χ0) is 13.6. The quantitative estimate of drug-likeness (QED) is 0.757. The third-order valence-electron chi connectivity index (χ3n) is 3.10. The molecular weight excluding hydrogens is 284 g/mol. The summed E-state index contributed by atoms with van der Waals surface area (Å²) in [5.41, 5.74) is -1.08. The van der Waals surface area contributed by atoms with Crippen molar-refractivity contribution in [1.82, 2.24) is 4.90 Å². The number of alkyl halides is 3. The normalized spacial score (nSPS) is 26.9. The Hall–Kier alpha value is 0.460. The number of likely N-dealkylation sites (tertiary alicyclic amines) is 1. The van der Waals surface area contributed by atoms with E-state index in [2.05, 4.69) is 0 Å². The lowest BCUT2D eigenvalue weighted by Crippen LogP contribution is -2.67. The van der Waals surface area contributed by atoms with Crippen LogP contribution < -0.4 is 0 Å². The molecule has 0 unspecified atom stereocenters. The lowest BCUT2D eigenvalue weighted by atomic mass is 9.79. The predicted molar refractivity (Wildman–Crippen MR) is 70.5 cm³/mol. The van der Waals surface area contributed by atoms with E-state index < -0.39 is 21.1 Å². The second kappa shape index (κ2) is 4.53. The van der Waals surface area contributed by atoms with E-state index in [4.69, 9.17) is 34.8 Å². The minimum absolute atomic E-state index is 0.160. The van der Waals surface area contributed by atoms with Crippen LogP contribution in [0.1, 0.15) is 40.5 Å². The number of rotatable bonds is 1. The van der Waals surface area contributed by atoms with Crippen molar-refractivity contribution in [2.45, 2.75) is 61.6 Å². The predicted octanol–water partition coefficient (Wildman–Crippen LogP) is 2.90. The molecule has 1 aliphatic heterocycles. The largest absolute Gasteiger partial charge is 0.374 e. The van der Waals surface area contributed by atoms with Gasteiger partial charge in [-0.2, -0.15) is 0 Å². The van der Waals surface area contributed by atoms with Crippen molar-refractivity contribution in [3.8, 4) is 0 Å². The number of aliphatic hydroxyl groups is 1. The van der Waals surface area contributed by atoms with E-state index in [0.29, 0.717) is 12.8 Å². The van der Waals surface area contributed by atoms with Crippen molar-refractivity contribution in [3.63, 3.8) is 0 Å². The Bertz CT molecular complexity index is 303. The van der Waals surface area contributed by atoms with E-state index in [9.17, 15) is 9.90 Å². The van der Waals surface area contributed by atoms with Crippen molar-refractivity contribution >= 4 is 40.6 Å². The summed E-state index contributed by atoms with van der Waals surface area (Å²) in [4.78, 5) is 13.4. The molecule has 1 aliphatic rings. The van der Waals surface area contributed by atoms with Gasteiger partial charge in [-0.15, -0.1) is 0 Å². The monoisotopic (exact) mass is 301 g/mol. The zero-order valence-electron chi connectivity index (χ0n) is 10.4. The van der Waals surface area contributed by atoms with E-state index in [1.165, 1.54) is 0 Å². The number of aliphatic hydroxyl groups excluding tert-OH is 1. The smallest absolute Gasteiger partial charge is 0.229 e. The summed E-state index contributed by atoms with van der Waals surface area (Å²) in [6, 6.07) is 0. The molecule has 0 saturated carbocycles. The van der Waals surface area contributed by atoms with Gasteiger partial charge in [0.05, 0.1) is 0 Å². The number of Topliss-reactive ketones (excluding diaryl/α,β-unsaturated/α-hetero) is 1. The molecule has 1 heterocycles. The van der Waals surface area contributed by atoms with Gasteiger partial charge in [0.1, 0.15) is 5.78 Å². The Morgan fingerprint density at radius 1 is 1.18 bits per heavy atom. The molecule has 0 aromatic carbocycles. The number of nitrogens with zero attached hydrogens (tertiary/aromatic N) is 1. The Morgan fingerprint density at radius 3 is 1.82 bits per heavy atom. The molecular formula is C11H18Cl3NO2. The molecule has 1 rings (SSSR count). The van der Waals surface area contributed by atoms with E-state index >= 15 is 0 Å². The first-order valence-corrected chi connectivity index (χ1v) is 6.57. The van der Waals surface area contributed by atoms with Gasteiger partial charge in [0, 0.05) is 23.9 Å². The SMILES string of the molecule is CC1(C)CC(=O)CC(C)(C)N1[C@H](O)C(Cl)(Cl)Cl. The molecule has 0 aromatic heterocycles. The molecule has 0 bridgehead atoms. The number of halogens is 3. The summed E-state index contributed by atoms with van der Waals surface area (Å²) in [6.07, 6.45) is -0.562. The minimum atomic E-state index is -1.80. The van der Waals surface area contributed by atoms with Gasteiger partial charge in [-0.3, -0.25) is 9.69 Å².